The molecule has 2 aromatic carbocycles. The van der Waals surface area contributed by atoms with Crippen LogP contribution in [-0.2, 0) is 20.7 Å². The van der Waals surface area contributed by atoms with Crippen LogP contribution in [-0.4, -0.2) is 72.6 Å². The maximum atomic E-state index is 13.3. The lowest BCUT2D eigenvalue weighted by atomic mass is 9.94. The van der Waals surface area contributed by atoms with Crippen molar-refractivity contribution in [2.24, 2.45) is 0 Å². The number of rotatable bonds is 11. The third-order valence-corrected chi connectivity index (χ3v) is 7.12. The normalized spacial score (nSPS) is 19.9. The number of aliphatic hydroxyl groups is 1. The monoisotopic (exact) mass is 506 g/mol. The lowest BCUT2D eigenvalue weighted by Crippen LogP contribution is -2.38. The third-order valence-electron chi connectivity index (χ3n) is 7.12. The maximum Gasteiger partial charge on any atom is 0.295 e. The predicted octanol–water partition coefficient (Wildman–Crippen LogP) is 4.57. The van der Waals surface area contributed by atoms with Gasteiger partial charge in [0.1, 0.15) is 11.5 Å². The van der Waals surface area contributed by atoms with Crippen LogP contribution >= 0.6 is 0 Å². The highest BCUT2D eigenvalue weighted by Crippen LogP contribution is 2.39. The van der Waals surface area contributed by atoms with Crippen LogP contribution in [0.15, 0.2) is 54.1 Å². The van der Waals surface area contributed by atoms with E-state index in [2.05, 4.69) is 18.7 Å². The molecule has 0 bridgehead atoms. The Kier molecular flexibility index (Phi) is 9.36. The zero-order chi connectivity index (χ0) is 26.2. The van der Waals surface area contributed by atoms with E-state index in [9.17, 15) is 14.7 Å². The van der Waals surface area contributed by atoms with Gasteiger partial charge in [0.05, 0.1) is 31.4 Å². The fourth-order valence-electron chi connectivity index (χ4n) is 4.88. The molecule has 198 valence electrons. The number of hydrogen-bond acceptors (Lipinski definition) is 6. The van der Waals surface area contributed by atoms with Crippen molar-refractivity contribution in [1.29, 1.82) is 0 Å². The zero-order valence-electron chi connectivity index (χ0n) is 21.9. The van der Waals surface area contributed by atoms with Crippen molar-refractivity contribution in [2.75, 3.05) is 46.0 Å². The summed E-state index contributed by atoms with van der Waals surface area (Å²) >= 11 is 0. The molecule has 1 N–H and O–H groups in total. The molecule has 4 rings (SSSR count). The molecule has 2 aliphatic rings. The Morgan fingerprint density at radius 2 is 1.68 bits per heavy atom. The van der Waals surface area contributed by atoms with Crippen molar-refractivity contribution in [1.82, 2.24) is 9.80 Å². The Hall–Kier alpha value is -3.16. The minimum atomic E-state index is -0.642. The molecule has 7 heteroatoms. The van der Waals surface area contributed by atoms with E-state index in [-0.39, 0.29) is 11.3 Å². The van der Waals surface area contributed by atoms with Gasteiger partial charge in [-0.25, -0.2) is 0 Å². The van der Waals surface area contributed by atoms with Crippen LogP contribution in [0.3, 0.4) is 0 Å². The third kappa shape index (κ3) is 6.40. The molecule has 2 aliphatic heterocycles. The minimum absolute atomic E-state index is 0.139. The largest absolute Gasteiger partial charge is 0.507 e. The van der Waals surface area contributed by atoms with E-state index in [1.807, 2.05) is 24.3 Å². The minimum Gasteiger partial charge on any atom is -0.507 e. The summed E-state index contributed by atoms with van der Waals surface area (Å²) in [6.45, 7) is 9.27. The molecule has 7 nitrogen and oxygen atoms in total. The summed E-state index contributed by atoms with van der Waals surface area (Å²) in [6, 6.07) is 14.4. The number of carbonyl (C=O) groups is 2. The van der Waals surface area contributed by atoms with Crippen molar-refractivity contribution in [3.8, 4) is 5.75 Å². The lowest BCUT2D eigenvalue weighted by Gasteiger charge is -2.29. The lowest BCUT2D eigenvalue weighted by molar-refractivity contribution is -0.140. The number of unbranched alkanes of at least 4 members (excludes halogenated alkanes) is 1. The second kappa shape index (κ2) is 12.9. The summed E-state index contributed by atoms with van der Waals surface area (Å²) in [6.07, 6.45) is 3.64. The van der Waals surface area contributed by atoms with Crippen molar-refractivity contribution in [3.63, 3.8) is 0 Å². The molecule has 2 saturated heterocycles. The molecule has 2 heterocycles. The van der Waals surface area contributed by atoms with Crippen LogP contribution in [0.5, 0.6) is 5.75 Å². The summed E-state index contributed by atoms with van der Waals surface area (Å²) < 4.78 is 11.2. The molecule has 2 aromatic rings. The first-order chi connectivity index (χ1) is 18.0. The van der Waals surface area contributed by atoms with E-state index in [4.69, 9.17) is 9.47 Å². The van der Waals surface area contributed by atoms with Crippen molar-refractivity contribution in [2.45, 2.75) is 45.6 Å². The number of nitrogens with zero attached hydrogens (tertiary/aromatic N) is 2. The maximum absolute atomic E-state index is 13.3. The van der Waals surface area contributed by atoms with Crippen LogP contribution in [0.25, 0.3) is 5.76 Å². The Balaban J connectivity index is 1.61. The van der Waals surface area contributed by atoms with Gasteiger partial charge in [0, 0.05) is 31.7 Å². The molecule has 0 aromatic heterocycles. The van der Waals surface area contributed by atoms with Gasteiger partial charge in [-0.3, -0.25) is 14.5 Å². The van der Waals surface area contributed by atoms with Crippen molar-refractivity contribution < 1.29 is 24.2 Å². The molecule has 0 spiro atoms. The molecule has 1 atom stereocenters. The summed E-state index contributed by atoms with van der Waals surface area (Å²) in [5.41, 5.74) is 2.63. The Labute approximate surface area is 219 Å². The molecule has 37 heavy (non-hydrogen) atoms. The Morgan fingerprint density at radius 1 is 0.973 bits per heavy atom. The Morgan fingerprint density at radius 3 is 2.32 bits per heavy atom. The summed E-state index contributed by atoms with van der Waals surface area (Å²) in [5, 5.41) is 11.3. The van der Waals surface area contributed by atoms with Gasteiger partial charge < -0.3 is 19.5 Å². The summed E-state index contributed by atoms with van der Waals surface area (Å²) in [5.74, 6) is -0.650. The molecule has 1 unspecified atom stereocenters. The quantitative estimate of drug-likeness (QED) is 0.208. The average Bonchev–Trinajstić information content (AvgIpc) is 3.19. The van der Waals surface area contributed by atoms with Crippen LogP contribution in [0.2, 0.25) is 0 Å². The van der Waals surface area contributed by atoms with Crippen LogP contribution in [0.1, 0.15) is 55.8 Å². The average molecular weight is 507 g/mol. The molecule has 0 radical (unpaired) electrons. The second-order valence-electron chi connectivity index (χ2n) is 9.62. The molecule has 2 fully saturated rings. The number of morpholine rings is 1. The second-order valence-corrected chi connectivity index (χ2v) is 9.62. The highest BCUT2D eigenvalue weighted by atomic mass is 16.5. The first kappa shape index (κ1) is 26.9. The zero-order valence-corrected chi connectivity index (χ0v) is 21.9. The number of benzene rings is 2. The van der Waals surface area contributed by atoms with Crippen LogP contribution < -0.4 is 4.74 Å². The smallest absolute Gasteiger partial charge is 0.295 e. The van der Waals surface area contributed by atoms with E-state index in [1.165, 1.54) is 5.56 Å². The van der Waals surface area contributed by atoms with E-state index in [0.717, 1.165) is 64.1 Å². The highest BCUT2D eigenvalue weighted by Gasteiger charge is 2.45. The van der Waals surface area contributed by atoms with Gasteiger partial charge in [-0.15, -0.1) is 0 Å². The number of aryl methyl sites for hydroxylation is 1. The van der Waals surface area contributed by atoms with Gasteiger partial charge in [-0.1, -0.05) is 44.5 Å². The standard InChI is InChI=1S/C30H38N2O5/c1-3-5-19-37-25-13-11-24(12-14-25)28(33)26-27(23-9-7-22(4-2)8-10-23)32(30(35)29(26)34)16-6-15-31-17-20-36-21-18-31/h7-14,27,33H,3-6,15-21H2,1-2H3/b28-26+. The van der Waals surface area contributed by atoms with E-state index >= 15 is 0 Å². The number of Topliss-reactive ketones (excluding diaryl/α,β-unsaturated/α-hetero) is 1. The molecular formula is C30H38N2O5. The number of ether oxygens (including phenoxy) is 2. The van der Waals surface area contributed by atoms with Gasteiger partial charge >= 0.3 is 0 Å². The number of likely N-dealkylation sites (tertiary alicyclic amines) is 1. The summed E-state index contributed by atoms with van der Waals surface area (Å²) in [4.78, 5) is 30.4. The van der Waals surface area contributed by atoms with Crippen molar-refractivity contribution >= 4 is 17.4 Å². The first-order valence-corrected chi connectivity index (χ1v) is 13.4. The van der Waals surface area contributed by atoms with Gasteiger partial charge in [-0.2, -0.15) is 0 Å². The number of aliphatic hydroxyl groups excluding tert-OH is 1. The fraction of sp³-hybridized carbons (Fsp3) is 0.467. The number of carbonyl (C=O) groups excluding carboxylic acids is 2. The van der Waals surface area contributed by atoms with E-state index in [0.29, 0.717) is 24.5 Å². The van der Waals surface area contributed by atoms with E-state index < -0.39 is 17.7 Å². The topological polar surface area (TPSA) is 79.3 Å². The van der Waals surface area contributed by atoms with Crippen molar-refractivity contribution in [3.05, 3.63) is 70.8 Å². The number of ketones is 1. The van der Waals surface area contributed by atoms with Gasteiger partial charge in [-0.05, 0) is 54.7 Å². The molecule has 1 amide bonds. The van der Waals surface area contributed by atoms with Crippen LogP contribution in [0.4, 0.5) is 0 Å². The van der Waals surface area contributed by atoms with Crippen LogP contribution in [0, 0.1) is 0 Å². The highest BCUT2D eigenvalue weighted by molar-refractivity contribution is 6.46. The molecule has 0 aliphatic carbocycles. The first-order valence-electron chi connectivity index (χ1n) is 13.4. The van der Waals surface area contributed by atoms with Gasteiger partial charge in [0.2, 0.25) is 0 Å². The summed E-state index contributed by atoms with van der Waals surface area (Å²) in [7, 11) is 0. The molecular weight excluding hydrogens is 468 g/mol. The SMILES string of the molecule is CCCCOc1ccc(/C(O)=C2\C(=O)C(=O)N(CCCN3CCOCC3)C2c2ccc(CC)cc2)cc1. The number of amides is 1. The fourth-order valence-corrected chi connectivity index (χ4v) is 4.88. The van der Waals surface area contributed by atoms with Gasteiger partial charge in [0.15, 0.2) is 0 Å². The number of hydrogen-bond donors (Lipinski definition) is 1. The van der Waals surface area contributed by atoms with E-state index in [1.54, 1.807) is 29.2 Å². The molecule has 0 saturated carbocycles. The van der Waals surface area contributed by atoms with Gasteiger partial charge in [0.25, 0.3) is 11.7 Å². The Bertz CT molecular complexity index is 1090. The predicted molar refractivity (Wildman–Crippen MR) is 144 cm³/mol.